The normalized spacial score (nSPS) is 11.3. The number of aryl methyl sites for hydroxylation is 1. The molecule has 0 radical (unpaired) electrons. The fraction of sp³-hybridized carbons (Fsp3) is 0.111. The molecule has 0 aliphatic carbocycles. The number of aromatic carboxylic acids is 1. The van der Waals surface area contributed by atoms with Gasteiger partial charge in [-0.1, -0.05) is 5.21 Å². The Labute approximate surface area is 121 Å². The third kappa shape index (κ3) is 2.77. The van der Waals surface area contributed by atoms with Gasteiger partial charge in [0.1, 0.15) is 5.69 Å². The molecule has 0 fully saturated rings. The van der Waals surface area contributed by atoms with E-state index in [2.05, 4.69) is 35.9 Å². The van der Waals surface area contributed by atoms with Crippen LogP contribution in [0.25, 0.3) is 0 Å². The zero-order chi connectivity index (χ0) is 14.9. The number of hydrogen-bond donors (Lipinski definition) is 2. The fourth-order valence-electron chi connectivity index (χ4n) is 1.42. The predicted octanol–water partition coefficient (Wildman–Crippen LogP) is 0.472. The molecular weight excluding hydrogens is 354 g/mol. The third-order valence-corrected chi connectivity index (χ3v) is 4.49. The highest BCUT2D eigenvalue weighted by molar-refractivity contribution is 9.10. The van der Waals surface area contributed by atoms with Gasteiger partial charge < -0.3 is 5.11 Å². The van der Waals surface area contributed by atoms with Crippen molar-refractivity contribution in [2.24, 2.45) is 7.05 Å². The number of carbonyl (C=O) groups is 1. The molecule has 0 amide bonds. The molecular formula is C9H8BrN5O4S. The van der Waals surface area contributed by atoms with Gasteiger partial charge >= 0.3 is 5.97 Å². The van der Waals surface area contributed by atoms with Crippen LogP contribution in [0, 0.1) is 0 Å². The fourth-order valence-corrected chi connectivity index (χ4v) is 3.57. The maximum atomic E-state index is 12.2. The minimum absolute atomic E-state index is 0.0556. The van der Waals surface area contributed by atoms with Crippen molar-refractivity contribution in [3.05, 3.63) is 28.6 Å². The highest BCUT2D eigenvalue weighted by Crippen LogP contribution is 2.21. The second-order valence-corrected chi connectivity index (χ2v) is 6.00. The van der Waals surface area contributed by atoms with Crippen LogP contribution in [0.2, 0.25) is 0 Å². The average Bonchev–Trinajstić information content (AvgIpc) is 2.69. The molecule has 11 heteroatoms. The lowest BCUT2D eigenvalue weighted by molar-refractivity contribution is 0.0690. The Hall–Kier alpha value is -2.01. The average molecular weight is 362 g/mol. The van der Waals surface area contributed by atoms with Crippen molar-refractivity contribution in [2.75, 3.05) is 4.72 Å². The summed E-state index contributed by atoms with van der Waals surface area (Å²) < 4.78 is 27.7. The van der Waals surface area contributed by atoms with Crippen LogP contribution in [0.4, 0.5) is 5.69 Å². The topological polar surface area (TPSA) is 127 Å². The number of halogens is 1. The van der Waals surface area contributed by atoms with Crippen LogP contribution in [0.15, 0.2) is 28.0 Å². The van der Waals surface area contributed by atoms with E-state index in [1.165, 1.54) is 19.3 Å². The van der Waals surface area contributed by atoms with E-state index in [9.17, 15) is 13.2 Å². The highest BCUT2D eigenvalue weighted by atomic mass is 79.9. The molecule has 0 aliphatic rings. The summed E-state index contributed by atoms with van der Waals surface area (Å²) in [7, 11) is -2.54. The maximum absolute atomic E-state index is 12.2. The number of pyridine rings is 1. The van der Waals surface area contributed by atoms with Crippen LogP contribution in [0.1, 0.15) is 10.5 Å². The van der Waals surface area contributed by atoms with E-state index in [0.29, 0.717) is 0 Å². The molecule has 2 heterocycles. The van der Waals surface area contributed by atoms with Crippen molar-refractivity contribution in [3.8, 4) is 0 Å². The number of aromatic nitrogens is 4. The standard InChI is InChI=1S/C9H8BrN5O4S/c1-15-8(7(10)12-14-15)20(18,19)13-5-2-3-11-6(4-5)9(16)17/h2-4H,1H3,(H,11,13)(H,16,17). The summed E-state index contributed by atoms with van der Waals surface area (Å²) in [5, 5.41) is 15.8. The summed E-state index contributed by atoms with van der Waals surface area (Å²) in [6.07, 6.45) is 1.19. The first kappa shape index (κ1) is 14.4. The van der Waals surface area contributed by atoms with Gasteiger partial charge in [0.05, 0.1) is 5.69 Å². The van der Waals surface area contributed by atoms with Gasteiger partial charge in [-0.05, 0) is 28.1 Å². The van der Waals surface area contributed by atoms with Crippen LogP contribution >= 0.6 is 15.9 Å². The monoisotopic (exact) mass is 361 g/mol. The Morgan fingerprint density at radius 2 is 2.20 bits per heavy atom. The zero-order valence-corrected chi connectivity index (χ0v) is 12.4. The second kappa shape index (κ2) is 5.17. The Kier molecular flexibility index (Phi) is 3.72. The summed E-state index contributed by atoms with van der Waals surface area (Å²) in [6.45, 7) is 0. The van der Waals surface area contributed by atoms with Gasteiger partial charge in [0.15, 0.2) is 4.60 Å². The predicted molar refractivity (Wildman–Crippen MR) is 70.7 cm³/mol. The van der Waals surface area contributed by atoms with E-state index in [-0.39, 0.29) is 21.0 Å². The van der Waals surface area contributed by atoms with Gasteiger partial charge in [0.25, 0.3) is 10.0 Å². The Morgan fingerprint density at radius 3 is 2.75 bits per heavy atom. The van der Waals surface area contributed by atoms with Crippen LogP contribution in [-0.4, -0.2) is 39.5 Å². The lowest BCUT2D eigenvalue weighted by atomic mass is 10.3. The summed E-state index contributed by atoms with van der Waals surface area (Å²) in [6, 6.07) is 2.44. The van der Waals surface area contributed by atoms with Crippen molar-refractivity contribution in [2.45, 2.75) is 5.03 Å². The molecule has 2 aromatic heterocycles. The van der Waals surface area contributed by atoms with Gasteiger partial charge in [-0.2, -0.15) is 8.42 Å². The molecule has 2 aromatic rings. The number of nitrogens with one attached hydrogen (secondary N) is 1. The van der Waals surface area contributed by atoms with Gasteiger partial charge in [-0.15, -0.1) is 5.10 Å². The van der Waals surface area contributed by atoms with Crippen molar-refractivity contribution in [3.63, 3.8) is 0 Å². The van der Waals surface area contributed by atoms with Gasteiger partial charge in [0, 0.05) is 13.2 Å². The van der Waals surface area contributed by atoms with Crippen molar-refractivity contribution in [1.82, 2.24) is 20.0 Å². The molecule has 0 saturated heterocycles. The van der Waals surface area contributed by atoms with Crippen molar-refractivity contribution in [1.29, 1.82) is 0 Å². The van der Waals surface area contributed by atoms with Crippen molar-refractivity contribution < 1.29 is 18.3 Å². The molecule has 0 spiro atoms. The molecule has 2 rings (SSSR count). The van der Waals surface area contributed by atoms with E-state index in [0.717, 1.165) is 10.7 Å². The number of nitrogens with zero attached hydrogens (tertiary/aromatic N) is 4. The minimum atomic E-state index is -3.95. The van der Waals surface area contributed by atoms with E-state index >= 15 is 0 Å². The summed E-state index contributed by atoms with van der Waals surface area (Å²) in [5.41, 5.74) is -0.196. The largest absolute Gasteiger partial charge is 0.477 e. The molecule has 2 N–H and O–H groups in total. The summed E-state index contributed by atoms with van der Waals surface area (Å²) in [4.78, 5) is 14.4. The van der Waals surface area contributed by atoms with Gasteiger partial charge in [0.2, 0.25) is 5.03 Å². The molecule has 0 aliphatic heterocycles. The quantitative estimate of drug-likeness (QED) is 0.809. The summed E-state index contributed by atoms with van der Waals surface area (Å²) >= 11 is 2.98. The number of anilines is 1. The van der Waals surface area contributed by atoms with Gasteiger partial charge in [-0.25, -0.2) is 14.5 Å². The lowest BCUT2D eigenvalue weighted by Crippen LogP contribution is -2.17. The number of carboxylic acids is 1. The molecule has 0 atom stereocenters. The van der Waals surface area contributed by atoms with Crippen LogP contribution in [-0.2, 0) is 17.1 Å². The first-order chi connectivity index (χ1) is 9.31. The highest BCUT2D eigenvalue weighted by Gasteiger charge is 2.24. The van der Waals surface area contributed by atoms with E-state index in [1.54, 1.807) is 0 Å². The Balaban J connectivity index is 2.39. The van der Waals surface area contributed by atoms with E-state index in [4.69, 9.17) is 5.11 Å². The zero-order valence-electron chi connectivity index (χ0n) is 9.98. The van der Waals surface area contributed by atoms with Crippen LogP contribution in [0.3, 0.4) is 0 Å². The summed E-state index contributed by atoms with van der Waals surface area (Å²) in [5.74, 6) is -1.26. The molecule has 106 valence electrons. The molecule has 9 nitrogen and oxygen atoms in total. The number of hydrogen-bond acceptors (Lipinski definition) is 6. The Morgan fingerprint density at radius 1 is 1.50 bits per heavy atom. The first-order valence-corrected chi connectivity index (χ1v) is 7.36. The molecule has 0 aromatic carbocycles. The molecule has 20 heavy (non-hydrogen) atoms. The number of sulfonamides is 1. The van der Waals surface area contributed by atoms with Crippen molar-refractivity contribution >= 4 is 37.6 Å². The number of carboxylic acid groups (broad SMARTS) is 1. The maximum Gasteiger partial charge on any atom is 0.354 e. The third-order valence-electron chi connectivity index (χ3n) is 2.22. The first-order valence-electron chi connectivity index (χ1n) is 5.08. The SMILES string of the molecule is Cn1nnc(Br)c1S(=O)(=O)Nc1ccnc(C(=O)O)c1. The number of rotatable bonds is 4. The minimum Gasteiger partial charge on any atom is -0.477 e. The van der Waals surface area contributed by atoms with Gasteiger partial charge in [-0.3, -0.25) is 4.72 Å². The molecule has 0 bridgehead atoms. The molecule has 0 unspecified atom stereocenters. The van der Waals surface area contributed by atoms with Crippen LogP contribution < -0.4 is 4.72 Å². The molecule has 0 saturated carbocycles. The van der Waals surface area contributed by atoms with E-state index < -0.39 is 16.0 Å². The lowest BCUT2D eigenvalue weighted by Gasteiger charge is -2.08. The smallest absolute Gasteiger partial charge is 0.354 e. The van der Waals surface area contributed by atoms with E-state index in [1.807, 2.05) is 0 Å². The Bertz CT molecular complexity index is 753. The second-order valence-electron chi connectivity index (χ2n) is 3.65. The van der Waals surface area contributed by atoms with Crippen LogP contribution in [0.5, 0.6) is 0 Å².